The van der Waals surface area contributed by atoms with Crippen LogP contribution in [0.4, 0.5) is 0 Å². The first kappa shape index (κ1) is 22.9. The molecule has 0 radical (unpaired) electrons. The van der Waals surface area contributed by atoms with Crippen molar-refractivity contribution in [3.05, 3.63) is 94.8 Å². The molecule has 0 fully saturated rings. The number of carbonyl (C=O) groups is 1. The van der Waals surface area contributed by atoms with E-state index in [-0.39, 0.29) is 11.3 Å². The number of imidazole rings is 1. The predicted octanol–water partition coefficient (Wildman–Crippen LogP) is 6.00. The number of para-hydroxylation sites is 2. The van der Waals surface area contributed by atoms with Crippen molar-refractivity contribution >= 4 is 28.5 Å². The Morgan fingerprint density at radius 1 is 1.00 bits per heavy atom. The van der Waals surface area contributed by atoms with Crippen LogP contribution in [-0.2, 0) is 18.5 Å². The third-order valence-corrected chi connectivity index (χ3v) is 5.80. The second-order valence-electron chi connectivity index (χ2n) is 8.98. The van der Waals surface area contributed by atoms with Crippen LogP contribution in [0, 0.1) is 0 Å². The molecule has 0 saturated carbocycles. The first-order valence-corrected chi connectivity index (χ1v) is 11.4. The second kappa shape index (κ2) is 9.67. The molecule has 1 N–H and O–H groups in total. The fourth-order valence-electron chi connectivity index (χ4n) is 3.68. The predicted molar refractivity (Wildman–Crippen MR) is 133 cm³/mol. The minimum atomic E-state index is -0.166. The number of amides is 1. The Kier molecular flexibility index (Phi) is 6.70. The van der Waals surface area contributed by atoms with Crippen molar-refractivity contribution in [3.63, 3.8) is 0 Å². The molecule has 5 nitrogen and oxygen atoms in total. The van der Waals surface area contributed by atoms with Crippen LogP contribution in [0.1, 0.15) is 42.5 Å². The van der Waals surface area contributed by atoms with Gasteiger partial charge in [-0.1, -0.05) is 56.6 Å². The highest BCUT2D eigenvalue weighted by Crippen LogP contribution is 2.24. The Hall–Kier alpha value is -3.31. The fourth-order valence-corrected chi connectivity index (χ4v) is 3.80. The van der Waals surface area contributed by atoms with Crippen LogP contribution in [0.3, 0.4) is 0 Å². The highest BCUT2D eigenvalue weighted by molar-refractivity contribution is 6.30. The summed E-state index contributed by atoms with van der Waals surface area (Å²) in [6, 6.07) is 23.0. The average Bonchev–Trinajstić information content (AvgIpc) is 3.15. The summed E-state index contributed by atoms with van der Waals surface area (Å²) in [5.41, 5.74) is 3.85. The number of halogens is 1. The van der Waals surface area contributed by atoms with Crippen molar-refractivity contribution in [2.24, 2.45) is 0 Å². The van der Waals surface area contributed by atoms with Gasteiger partial charge in [0.2, 0.25) is 0 Å². The molecule has 4 aromatic rings. The summed E-state index contributed by atoms with van der Waals surface area (Å²) in [5, 5.41) is 3.56. The molecular weight excluding hydrogens is 434 g/mol. The first-order chi connectivity index (χ1) is 15.8. The number of hydrogen-bond acceptors (Lipinski definition) is 3. The highest BCUT2D eigenvalue weighted by atomic mass is 35.5. The van der Waals surface area contributed by atoms with Gasteiger partial charge in [0.1, 0.15) is 18.2 Å². The molecule has 3 aromatic carbocycles. The third kappa shape index (κ3) is 5.55. The Morgan fingerprint density at radius 2 is 1.70 bits per heavy atom. The van der Waals surface area contributed by atoms with Crippen LogP contribution in [0.15, 0.2) is 72.8 Å². The molecule has 1 aromatic heterocycles. The summed E-state index contributed by atoms with van der Waals surface area (Å²) >= 11 is 5.92. The quantitative estimate of drug-likeness (QED) is 0.367. The SMILES string of the molecule is CC(C)(C)c1ccc(OCCn2c(CNC(=O)c3ccc(Cl)cc3)nc3ccccc32)cc1. The number of carbonyl (C=O) groups excluding carboxylic acids is 1. The van der Waals surface area contributed by atoms with E-state index in [0.29, 0.717) is 30.3 Å². The molecular formula is C27H28ClN3O2. The summed E-state index contributed by atoms with van der Waals surface area (Å²) < 4.78 is 8.11. The van der Waals surface area contributed by atoms with Crippen LogP contribution in [0.5, 0.6) is 5.75 Å². The maximum atomic E-state index is 12.5. The van der Waals surface area contributed by atoms with Crippen molar-refractivity contribution in [2.45, 2.75) is 39.3 Å². The zero-order valence-corrected chi connectivity index (χ0v) is 19.9. The van der Waals surface area contributed by atoms with E-state index < -0.39 is 0 Å². The van der Waals surface area contributed by atoms with E-state index in [0.717, 1.165) is 22.6 Å². The maximum absolute atomic E-state index is 12.5. The number of aromatic nitrogens is 2. The van der Waals surface area contributed by atoms with Crippen LogP contribution < -0.4 is 10.1 Å². The van der Waals surface area contributed by atoms with Crippen LogP contribution in [-0.4, -0.2) is 22.1 Å². The van der Waals surface area contributed by atoms with Gasteiger partial charge in [-0.3, -0.25) is 4.79 Å². The van der Waals surface area contributed by atoms with E-state index in [1.54, 1.807) is 24.3 Å². The van der Waals surface area contributed by atoms with E-state index >= 15 is 0 Å². The third-order valence-electron chi connectivity index (χ3n) is 5.55. The number of benzene rings is 3. The van der Waals surface area contributed by atoms with Gasteiger partial charge in [-0.15, -0.1) is 0 Å². The fraction of sp³-hybridized carbons (Fsp3) is 0.259. The van der Waals surface area contributed by atoms with Crippen LogP contribution in [0.2, 0.25) is 5.02 Å². The Balaban J connectivity index is 1.44. The van der Waals surface area contributed by atoms with Crippen molar-refractivity contribution < 1.29 is 9.53 Å². The van der Waals surface area contributed by atoms with Gasteiger partial charge in [-0.2, -0.15) is 0 Å². The molecule has 0 aliphatic carbocycles. The van der Waals surface area contributed by atoms with E-state index in [2.05, 4.69) is 42.8 Å². The van der Waals surface area contributed by atoms with Gasteiger partial charge in [-0.05, 0) is 59.5 Å². The molecule has 4 rings (SSSR count). The monoisotopic (exact) mass is 461 g/mol. The van der Waals surface area contributed by atoms with Crippen molar-refractivity contribution in [2.75, 3.05) is 6.61 Å². The molecule has 0 spiro atoms. The minimum absolute atomic E-state index is 0.111. The first-order valence-electron chi connectivity index (χ1n) is 11.0. The van der Waals surface area contributed by atoms with Crippen molar-refractivity contribution in [1.82, 2.24) is 14.9 Å². The molecule has 1 amide bonds. The van der Waals surface area contributed by atoms with Crippen molar-refractivity contribution in [3.8, 4) is 5.75 Å². The minimum Gasteiger partial charge on any atom is -0.492 e. The standard InChI is InChI=1S/C27H28ClN3O2/c1-27(2,3)20-10-14-22(15-11-20)33-17-16-31-24-7-5-4-6-23(24)30-25(31)18-29-26(32)19-8-12-21(28)13-9-19/h4-15H,16-18H2,1-3H3,(H,29,32). The Bertz CT molecular complexity index is 1240. The number of hydrogen-bond donors (Lipinski definition) is 1. The summed E-state index contributed by atoms with van der Waals surface area (Å²) in [7, 11) is 0. The molecule has 0 atom stereocenters. The zero-order chi connectivity index (χ0) is 23.4. The molecule has 1 heterocycles. The Morgan fingerprint density at radius 3 is 2.39 bits per heavy atom. The van der Waals surface area contributed by atoms with Gasteiger partial charge < -0.3 is 14.6 Å². The van der Waals surface area contributed by atoms with Gasteiger partial charge in [0.25, 0.3) is 5.91 Å². The number of fused-ring (bicyclic) bond motifs is 1. The van der Waals surface area contributed by atoms with E-state index in [1.165, 1.54) is 5.56 Å². The molecule has 170 valence electrons. The van der Waals surface area contributed by atoms with E-state index in [9.17, 15) is 4.79 Å². The smallest absolute Gasteiger partial charge is 0.251 e. The number of rotatable bonds is 7. The summed E-state index contributed by atoms with van der Waals surface area (Å²) in [4.78, 5) is 17.3. The summed E-state index contributed by atoms with van der Waals surface area (Å²) in [5.74, 6) is 1.45. The second-order valence-corrected chi connectivity index (χ2v) is 9.42. The van der Waals surface area contributed by atoms with Gasteiger partial charge >= 0.3 is 0 Å². The molecule has 0 bridgehead atoms. The average molecular weight is 462 g/mol. The van der Waals surface area contributed by atoms with Gasteiger partial charge in [0.15, 0.2) is 0 Å². The molecule has 0 saturated heterocycles. The zero-order valence-electron chi connectivity index (χ0n) is 19.1. The molecule has 0 aliphatic heterocycles. The Labute approximate surface area is 199 Å². The lowest BCUT2D eigenvalue weighted by Gasteiger charge is -2.19. The van der Waals surface area contributed by atoms with E-state index in [1.807, 2.05) is 36.4 Å². The molecule has 0 aliphatic rings. The lowest BCUT2D eigenvalue weighted by atomic mass is 9.87. The number of nitrogens with zero attached hydrogens (tertiary/aromatic N) is 2. The van der Waals surface area contributed by atoms with Gasteiger partial charge in [-0.25, -0.2) is 4.98 Å². The lowest BCUT2D eigenvalue weighted by Crippen LogP contribution is -2.25. The van der Waals surface area contributed by atoms with Crippen molar-refractivity contribution in [1.29, 1.82) is 0 Å². The van der Waals surface area contributed by atoms with Gasteiger partial charge in [0, 0.05) is 10.6 Å². The maximum Gasteiger partial charge on any atom is 0.251 e. The largest absolute Gasteiger partial charge is 0.492 e. The van der Waals surface area contributed by atoms with E-state index in [4.69, 9.17) is 21.3 Å². The van der Waals surface area contributed by atoms with Crippen LogP contribution >= 0.6 is 11.6 Å². The normalized spacial score (nSPS) is 11.5. The molecule has 6 heteroatoms. The summed E-state index contributed by atoms with van der Waals surface area (Å²) in [6.07, 6.45) is 0. The summed E-state index contributed by atoms with van der Waals surface area (Å²) in [6.45, 7) is 8.01. The number of ether oxygens (including phenoxy) is 1. The topological polar surface area (TPSA) is 56.1 Å². The van der Waals surface area contributed by atoms with Gasteiger partial charge in [0.05, 0.1) is 24.1 Å². The highest BCUT2D eigenvalue weighted by Gasteiger charge is 2.14. The lowest BCUT2D eigenvalue weighted by molar-refractivity contribution is 0.0949. The number of nitrogens with one attached hydrogen (secondary N) is 1. The molecule has 33 heavy (non-hydrogen) atoms. The van der Waals surface area contributed by atoms with Crippen LogP contribution in [0.25, 0.3) is 11.0 Å². The molecule has 0 unspecified atom stereocenters.